The molecule has 14 heavy (non-hydrogen) atoms. The fraction of sp³-hybridized carbons (Fsp3) is 0.556. The van der Waals surface area contributed by atoms with Crippen LogP contribution in [-0.2, 0) is 14.3 Å². The highest BCUT2D eigenvalue weighted by atomic mass is 16.5. The van der Waals surface area contributed by atoms with Crippen LogP contribution in [0.3, 0.4) is 0 Å². The second kappa shape index (κ2) is 6.01. The summed E-state index contributed by atoms with van der Waals surface area (Å²) >= 11 is 0. The molecule has 1 N–H and O–H groups in total. The molecule has 0 unspecified atom stereocenters. The van der Waals surface area contributed by atoms with Gasteiger partial charge in [-0.05, 0) is 6.92 Å². The van der Waals surface area contributed by atoms with E-state index in [0.717, 1.165) is 0 Å². The molecule has 0 aliphatic heterocycles. The predicted octanol–water partition coefficient (Wildman–Crippen LogP) is 0.470. The summed E-state index contributed by atoms with van der Waals surface area (Å²) in [6.45, 7) is 1.97. The Bertz CT molecular complexity index is 245. The van der Waals surface area contributed by atoms with Crippen LogP contribution >= 0.6 is 0 Å². The van der Waals surface area contributed by atoms with Crippen molar-refractivity contribution in [2.75, 3.05) is 20.7 Å². The van der Waals surface area contributed by atoms with Crippen molar-refractivity contribution in [3.8, 4) is 0 Å². The SMILES string of the molecule is CCOC(=O)/C=C(/CC(=O)O)N(C)C. The Kier molecular flexibility index (Phi) is 5.36. The highest BCUT2D eigenvalue weighted by Crippen LogP contribution is 2.04. The van der Waals surface area contributed by atoms with Gasteiger partial charge in [-0.1, -0.05) is 0 Å². The number of carbonyl (C=O) groups is 2. The van der Waals surface area contributed by atoms with E-state index >= 15 is 0 Å². The van der Waals surface area contributed by atoms with E-state index in [2.05, 4.69) is 4.74 Å². The van der Waals surface area contributed by atoms with Gasteiger partial charge in [0.2, 0.25) is 0 Å². The summed E-state index contributed by atoms with van der Waals surface area (Å²) in [4.78, 5) is 23.0. The molecule has 0 aliphatic rings. The predicted molar refractivity (Wildman–Crippen MR) is 50.7 cm³/mol. The van der Waals surface area contributed by atoms with Crippen LogP contribution in [0, 0.1) is 0 Å². The topological polar surface area (TPSA) is 66.8 Å². The summed E-state index contributed by atoms with van der Waals surface area (Å²) < 4.78 is 4.67. The number of esters is 1. The lowest BCUT2D eigenvalue weighted by Crippen LogP contribution is -2.16. The lowest BCUT2D eigenvalue weighted by Gasteiger charge is -2.14. The van der Waals surface area contributed by atoms with Crippen molar-refractivity contribution in [3.63, 3.8) is 0 Å². The van der Waals surface area contributed by atoms with Crippen LogP contribution in [0.5, 0.6) is 0 Å². The number of aliphatic carboxylic acids is 1. The fourth-order valence-corrected chi connectivity index (χ4v) is 0.813. The van der Waals surface area contributed by atoms with Crippen LogP contribution in [0.15, 0.2) is 11.8 Å². The second-order valence-electron chi connectivity index (χ2n) is 2.85. The van der Waals surface area contributed by atoms with Crippen molar-refractivity contribution in [1.82, 2.24) is 4.90 Å². The molecule has 0 aromatic heterocycles. The van der Waals surface area contributed by atoms with Crippen molar-refractivity contribution in [1.29, 1.82) is 0 Å². The zero-order chi connectivity index (χ0) is 11.1. The number of nitrogens with zero attached hydrogens (tertiary/aromatic N) is 1. The molecule has 0 aromatic carbocycles. The molecule has 0 spiro atoms. The Hall–Kier alpha value is -1.52. The number of carboxylic acid groups (broad SMARTS) is 1. The lowest BCUT2D eigenvalue weighted by atomic mass is 10.3. The number of carboxylic acids is 1. The molecule has 0 atom stereocenters. The molecule has 0 aliphatic carbocycles. The third kappa shape index (κ3) is 5.18. The molecule has 0 bridgehead atoms. The second-order valence-corrected chi connectivity index (χ2v) is 2.85. The van der Waals surface area contributed by atoms with Crippen LogP contribution < -0.4 is 0 Å². The van der Waals surface area contributed by atoms with Gasteiger partial charge in [0.15, 0.2) is 0 Å². The number of rotatable bonds is 5. The Morgan fingerprint density at radius 1 is 1.43 bits per heavy atom. The van der Waals surface area contributed by atoms with Crippen LogP contribution in [0.25, 0.3) is 0 Å². The first-order valence-electron chi connectivity index (χ1n) is 4.23. The Balaban J connectivity index is 4.47. The molecule has 5 nitrogen and oxygen atoms in total. The standard InChI is InChI=1S/C9H15NO4/c1-4-14-9(13)6-7(10(2)3)5-8(11)12/h6H,4-5H2,1-3H3,(H,11,12)/b7-6-. The summed E-state index contributed by atoms with van der Waals surface area (Å²) in [5.74, 6) is -1.49. The van der Waals surface area contributed by atoms with E-state index in [4.69, 9.17) is 5.11 Å². The van der Waals surface area contributed by atoms with Crippen molar-refractivity contribution >= 4 is 11.9 Å². The van der Waals surface area contributed by atoms with Gasteiger partial charge >= 0.3 is 11.9 Å². The molecule has 0 fully saturated rings. The largest absolute Gasteiger partial charge is 0.481 e. The summed E-state index contributed by atoms with van der Waals surface area (Å²) in [5.41, 5.74) is 0.413. The minimum Gasteiger partial charge on any atom is -0.481 e. The maximum Gasteiger partial charge on any atom is 0.332 e. The first-order chi connectivity index (χ1) is 6.47. The van der Waals surface area contributed by atoms with Crippen LogP contribution in [-0.4, -0.2) is 42.6 Å². The van der Waals surface area contributed by atoms with Crippen molar-refractivity contribution in [3.05, 3.63) is 11.8 Å². The Labute approximate surface area is 83.0 Å². The third-order valence-electron chi connectivity index (χ3n) is 1.48. The highest BCUT2D eigenvalue weighted by molar-refractivity contribution is 5.84. The van der Waals surface area contributed by atoms with Gasteiger partial charge in [0.1, 0.15) is 0 Å². The Morgan fingerprint density at radius 3 is 2.36 bits per heavy atom. The average Bonchev–Trinajstić information content (AvgIpc) is 2.02. The van der Waals surface area contributed by atoms with Gasteiger partial charge in [-0.2, -0.15) is 0 Å². The minimum absolute atomic E-state index is 0.189. The molecule has 0 radical (unpaired) electrons. The van der Waals surface area contributed by atoms with Crippen LogP contribution in [0.2, 0.25) is 0 Å². The van der Waals surface area contributed by atoms with Gasteiger partial charge < -0.3 is 14.7 Å². The third-order valence-corrected chi connectivity index (χ3v) is 1.48. The molecule has 0 rings (SSSR count). The number of ether oxygens (including phenoxy) is 1. The molecular formula is C9H15NO4. The fourth-order valence-electron chi connectivity index (χ4n) is 0.813. The normalized spacial score (nSPS) is 10.9. The van der Waals surface area contributed by atoms with E-state index in [9.17, 15) is 9.59 Å². The summed E-state index contributed by atoms with van der Waals surface area (Å²) in [7, 11) is 3.35. The van der Waals surface area contributed by atoms with E-state index in [1.165, 1.54) is 6.08 Å². The lowest BCUT2D eigenvalue weighted by molar-refractivity contribution is -0.137. The van der Waals surface area contributed by atoms with Gasteiger partial charge in [-0.15, -0.1) is 0 Å². The molecule has 0 amide bonds. The zero-order valence-corrected chi connectivity index (χ0v) is 8.61. The van der Waals surface area contributed by atoms with E-state index in [-0.39, 0.29) is 13.0 Å². The summed E-state index contributed by atoms with van der Waals surface area (Å²) in [5, 5.41) is 8.56. The minimum atomic E-state index is -0.978. The first kappa shape index (κ1) is 12.5. The monoisotopic (exact) mass is 201 g/mol. The van der Waals surface area contributed by atoms with Gasteiger partial charge in [0.25, 0.3) is 0 Å². The summed E-state index contributed by atoms with van der Waals surface area (Å²) in [6, 6.07) is 0. The van der Waals surface area contributed by atoms with Crippen molar-refractivity contribution < 1.29 is 19.4 Å². The molecular weight excluding hydrogens is 186 g/mol. The molecule has 5 heteroatoms. The van der Waals surface area contributed by atoms with E-state index < -0.39 is 11.9 Å². The molecule has 0 heterocycles. The van der Waals surface area contributed by atoms with Gasteiger partial charge in [0, 0.05) is 25.9 Å². The number of hydrogen-bond acceptors (Lipinski definition) is 4. The van der Waals surface area contributed by atoms with Gasteiger partial charge in [-0.3, -0.25) is 4.79 Å². The maximum atomic E-state index is 11.0. The molecule has 80 valence electrons. The molecule has 0 aromatic rings. The highest BCUT2D eigenvalue weighted by Gasteiger charge is 2.08. The van der Waals surface area contributed by atoms with Gasteiger partial charge in [-0.25, -0.2) is 4.79 Å². The van der Waals surface area contributed by atoms with Crippen LogP contribution in [0.4, 0.5) is 0 Å². The molecule has 0 saturated heterocycles. The average molecular weight is 201 g/mol. The van der Waals surface area contributed by atoms with E-state index in [1.807, 2.05) is 0 Å². The zero-order valence-electron chi connectivity index (χ0n) is 8.61. The van der Waals surface area contributed by atoms with E-state index in [1.54, 1.807) is 25.9 Å². The number of carbonyl (C=O) groups excluding carboxylic acids is 1. The Morgan fingerprint density at radius 2 is 2.00 bits per heavy atom. The van der Waals surface area contributed by atoms with Crippen molar-refractivity contribution in [2.45, 2.75) is 13.3 Å². The quantitative estimate of drug-likeness (QED) is 0.517. The summed E-state index contributed by atoms with van der Waals surface area (Å²) in [6.07, 6.45) is 1.00. The maximum absolute atomic E-state index is 11.0. The van der Waals surface area contributed by atoms with Crippen molar-refractivity contribution in [2.24, 2.45) is 0 Å². The van der Waals surface area contributed by atoms with Gasteiger partial charge in [0.05, 0.1) is 13.0 Å². The smallest absolute Gasteiger partial charge is 0.332 e. The molecule has 0 saturated carbocycles. The first-order valence-corrected chi connectivity index (χ1v) is 4.23. The van der Waals surface area contributed by atoms with Crippen LogP contribution in [0.1, 0.15) is 13.3 Å². The number of hydrogen-bond donors (Lipinski definition) is 1. The van der Waals surface area contributed by atoms with E-state index in [0.29, 0.717) is 5.70 Å².